The number of unbranched alkanes of at least 4 members (excludes halogenated alkanes) is 10. The molecular formula is C30H47NO2. The number of para-hydroxylation sites is 2. The molecule has 0 saturated heterocycles. The Morgan fingerprint density at radius 3 is 1.30 bits per heavy atom. The minimum atomic E-state index is 0.0714. The molecule has 0 fully saturated rings. The Hall–Kier alpha value is -2.00. The molecular weight excluding hydrogens is 406 g/mol. The second-order valence-corrected chi connectivity index (χ2v) is 9.50. The van der Waals surface area contributed by atoms with Crippen LogP contribution in [0.2, 0.25) is 0 Å². The lowest BCUT2D eigenvalue weighted by Gasteiger charge is -2.28. The molecule has 3 N–H and O–H groups in total. The standard InChI is InChI=1S/C30H47NO2/c1-3-5-7-9-11-13-21-27(25-19-15-17-23-29(25)32)31-28(22-14-12-10-8-6-4-2)26-20-16-18-24-30(26)33/h15-20,23-24,27-28,31-33H,3-14,21-22H2,1-2H3. The quantitative estimate of drug-likeness (QED) is 0.197. The number of nitrogens with one attached hydrogen (secondary N) is 1. The first-order valence-electron chi connectivity index (χ1n) is 13.5. The lowest BCUT2D eigenvalue weighted by Crippen LogP contribution is -2.27. The van der Waals surface area contributed by atoms with Gasteiger partial charge in [0.2, 0.25) is 0 Å². The number of hydrogen-bond donors (Lipinski definition) is 3. The van der Waals surface area contributed by atoms with Crippen LogP contribution in [-0.4, -0.2) is 10.2 Å². The van der Waals surface area contributed by atoms with E-state index >= 15 is 0 Å². The summed E-state index contributed by atoms with van der Waals surface area (Å²) < 4.78 is 0. The molecule has 184 valence electrons. The summed E-state index contributed by atoms with van der Waals surface area (Å²) in [6.07, 6.45) is 17.1. The van der Waals surface area contributed by atoms with E-state index in [1.165, 1.54) is 64.2 Å². The predicted octanol–water partition coefficient (Wildman–Crippen LogP) is 8.97. The maximum Gasteiger partial charge on any atom is 0.120 e. The third-order valence-corrected chi connectivity index (χ3v) is 6.72. The minimum Gasteiger partial charge on any atom is -0.508 e. The van der Waals surface area contributed by atoms with Gasteiger partial charge in [0.1, 0.15) is 11.5 Å². The van der Waals surface area contributed by atoms with Crippen molar-refractivity contribution in [2.45, 2.75) is 116 Å². The van der Waals surface area contributed by atoms with Gasteiger partial charge in [-0.2, -0.15) is 0 Å². The maximum atomic E-state index is 10.6. The van der Waals surface area contributed by atoms with E-state index in [9.17, 15) is 10.2 Å². The van der Waals surface area contributed by atoms with E-state index in [0.29, 0.717) is 11.5 Å². The van der Waals surface area contributed by atoms with Crippen LogP contribution in [0.25, 0.3) is 0 Å². The highest BCUT2D eigenvalue weighted by atomic mass is 16.3. The van der Waals surface area contributed by atoms with Crippen LogP contribution in [-0.2, 0) is 0 Å². The molecule has 3 nitrogen and oxygen atoms in total. The molecule has 2 unspecified atom stereocenters. The van der Waals surface area contributed by atoms with Crippen molar-refractivity contribution in [3.05, 3.63) is 59.7 Å². The maximum absolute atomic E-state index is 10.6. The fourth-order valence-electron chi connectivity index (χ4n) is 4.72. The molecule has 2 rings (SSSR count). The van der Waals surface area contributed by atoms with Gasteiger partial charge in [-0.15, -0.1) is 0 Å². The molecule has 2 atom stereocenters. The van der Waals surface area contributed by atoms with Crippen molar-refractivity contribution in [2.24, 2.45) is 0 Å². The highest BCUT2D eigenvalue weighted by molar-refractivity contribution is 5.37. The van der Waals surface area contributed by atoms with E-state index in [2.05, 4.69) is 19.2 Å². The average Bonchev–Trinajstić information content (AvgIpc) is 2.82. The molecule has 2 aromatic rings. The summed E-state index contributed by atoms with van der Waals surface area (Å²) in [5.41, 5.74) is 1.93. The first kappa shape index (κ1) is 27.2. The Kier molecular flexibility index (Phi) is 13.7. The molecule has 0 radical (unpaired) electrons. The number of hydrogen-bond acceptors (Lipinski definition) is 3. The second-order valence-electron chi connectivity index (χ2n) is 9.50. The Labute approximate surface area is 202 Å². The molecule has 0 aromatic heterocycles. The molecule has 3 heteroatoms. The van der Waals surface area contributed by atoms with E-state index in [0.717, 1.165) is 36.8 Å². The normalized spacial score (nSPS) is 13.2. The van der Waals surface area contributed by atoms with Crippen LogP contribution in [0.5, 0.6) is 11.5 Å². The van der Waals surface area contributed by atoms with Crippen LogP contribution >= 0.6 is 0 Å². The summed E-state index contributed by atoms with van der Waals surface area (Å²) >= 11 is 0. The fraction of sp³-hybridized carbons (Fsp3) is 0.600. The van der Waals surface area contributed by atoms with E-state index in [-0.39, 0.29) is 12.1 Å². The van der Waals surface area contributed by atoms with Crippen molar-refractivity contribution in [1.82, 2.24) is 5.32 Å². The van der Waals surface area contributed by atoms with Gasteiger partial charge in [0.25, 0.3) is 0 Å². The largest absolute Gasteiger partial charge is 0.508 e. The summed E-state index contributed by atoms with van der Waals surface area (Å²) in [5, 5.41) is 25.1. The Bertz CT molecular complexity index is 697. The van der Waals surface area contributed by atoms with E-state index in [1.807, 2.05) is 36.4 Å². The van der Waals surface area contributed by atoms with E-state index in [1.54, 1.807) is 12.1 Å². The van der Waals surface area contributed by atoms with Crippen LogP contribution in [0.4, 0.5) is 0 Å². The zero-order valence-corrected chi connectivity index (χ0v) is 21.1. The lowest BCUT2D eigenvalue weighted by atomic mass is 9.94. The minimum absolute atomic E-state index is 0.0714. The summed E-state index contributed by atoms with van der Waals surface area (Å²) in [6, 6.07) is 15.6. The van der Waals surface area contributed by atoms with Gasteiger partial charge in [0.15, 0.2) is 0 Å². The zero-order chi connectivity index (χ0) is 23.7. The SMILES string of the molecule is CCCCCCCCC(NC(CCCCCCCC)c1ccccc1O)c1ccccc1O. The smallest absolute Gasteiger partial charge is 0.120 e. The van der Waals surface area contributed by atoms with Gasteiger partial charge < -0.3 is 15.5 Å². The van der Waals surface area contributed by atoms with Gasteiger partial charge in [-0.3, -0.25) is 0 Å². The zero-order valence-electron chi connectivity index (χ0n) is 21.1. The molecule has 0 saturated carbocycles. The van der Waals surface area contributed by atoms with Gasteiger partial charge in [0.05, 0.1) is 0 Å². The van der Waals surface area contributed by atoms with Gasteiger partial charge in [-0.25, -0.2) is 0 Å². The third-order valence-electron chi connectivity index (χ3n) is 6.72. The topological polar surface area (TPSA) is 52.5 Å². The van der Waals surface area contributed by atoms with Gasteiger partial charge >= 0.3 is 0 Å². The summed E-state index contributed by atoms with van der Waals surface area (Å²) in [5.74, 6) is 0.716. The number of benzene rings is 2. The van der Waals surface area contributed by atoms with Crippen molar-refractivity contribution >= 4 is 0 Å². The third kappa shape index (κ3) is 10.2. The van der Waals surface area contributed by atoms with Crippen molar-refractivity contribution in [3.8, 4) is 11.5 Å². The summed E-state index contributed by atoms with van der Waals surface area (Å²) in [6.45, 7) is 4.50. The van der Waals surface area contributed by atoms with Crippen LogP contribution in [0, 0.1) is 0 Å². The second kappa shape index (κ2) is 16.6. The van der Waals surface area contributed by atoms with Crippen LogP contribution in [0.3, 0.4) is 0 Å². The van der Waals surface area contributed by atoms with Crippen LogP contribution < -0.4 is 5.32 Å². The lowest BCUT2D eigenvalue weighted by molar-refractivity contribution is 0.360. The van der Waals surface area contributed by atoms with Gasteiger partial charge in [-0.05, 0) is 25.0 Å². The van der Waals surface area contributed by atoms with Gasteiger partial charge in [0, 0.05) is 23.2 Å². The molecule has 0 aliphatic carbocycles. The molecule has 2 aromatic carbocycles. The Morgan fingerprint density at radius 1 is 0.545 bits per heavy atom. The number of phenolic OH excluding ortho intramolecular Hbond substituents is 2. The fourth-order valence-corrected chi connectivity index (χ4v) is 4.72. The first-order chi connectivity index (χ1) is 16.2. The van der Waals surface area contributed by atoms with Crippen LogP contribution in [0.1, 0.15) is 127 Å². The van der Waals surface area contributed by atoms with E-state index in [4.69, 9.17) is 0 Å². The van der Waals surface area contributed by atoms with Crippen molar-refractivity contribution in [3.63, 3.8) is 0 Å². The molecule has 0 amide bonds. The Morgan fingerprint density at radius 2 is 0.909 bits per heavy atom. The number of rotatable bonds is 18. The highest BCUT2D eigenvalue weighted by Gasteiger charge is 2.22. The predicted molar refractivity (Wildman–Crippen MR) is 141 cm³/mol. The molecule has 0 bridgehead atoms. The van der Waals surface area contributed by atoms with Crippen molar-refractivity contribution < 1.29 is 10.2 Å². The van der Waals surface area contributed by atoms with Gasteiger partial charge in [-0.1, -0.05) is 127 Å². The monoisotopic (exact) mass is 453 g/mol. The molecule has 0 aliphatic heterocycles. The number of aromatic hydroxyl groups is 2. The number of phenols is 2. The molecule has 0 aliphatic rings. The summed E-state index contributed by atoms with van der Waals surface area (Å²) in [7, 11) is 0. The highest BCUT2D eigenvalue weighted by Crippen LogP contribution is 2.34. The molecule has 0 heterocycles. The summed E-state index contributed by atoms with van der Waals surface area (Å²) in [4.78, 5) is 0. The van der Waals surface area contributed by atoms with Crippen LogP contribution in [0.15, 0.2) is 48.5 Å². The Balaban J connectivity index is 2.09. The molecule has 0 spiro atoms. The van der Waals surface area contributed by atoms with Crippen molar-refractivity contribution in [2.75, 3.05) is 0 Å². The van der Waals surface area contributed by atoms with E-state index < -0.39 is 0 Å². The molecule has 33 heavy (non-hydrogen) atoms. The average molecular weight is 454 g/mol. The first-order valence-corrected chi connectivity index (χ1v) is 13.5. The van der Waals surface area contributed by atoms with Crippen molar-refractivity contribution in [1.29, 1.82) is 0 Å².